The van der Waals surface area contributed by atoms with Gasteiger partial charge in [0.1, 0.15) is 4.90 Å². The lowest BCUT2D eigenvalue weighted by atomic mass is 10.0. The molecule has 0 aliphatic rings. The summed E-state index contributed by atoms with van der Waals surface area (Å²) < 4.78 is 36.9. The third-order valence-corrected chi connectivity index (χ3v) is 5.54. The first-order valence-electron chi connectivity index (χ1n) is 6.48. The molecule has 1 unspecified atom stereocenters. The zero-order chi connectivity index (χ0) is 16.4. The van der Waals surface area contributed by atoms with Crippen molar-refractivity contribution in [3.8, 4) is 11.5 Å². The lowest BCUT2D eigenvalue weighted by Crippen LogP contribution is -2.48. The fourth-order valence-corrected chi connectivity index (χ4v) is 3.52. The summed E-state index contributed by atoms with van der Waals surface area (Å²) in [5.41, 5.74) is -1.17. The van der Waals surface area contributed by atoms with E-state index in [0.717, 1.165) is 4.31 Å². The third-order valence-electron chi connectivity index (χ3n) is 3.59. The van der Waals surface area contributed by atoms with Gasteiger partial charge in [-0.2, -0.15) is 4.31 Å². The van der Waals surface area contributed by atoms with Crippen molar-refractivity contribution in [2.45, 2.75) is 37.3 Å². The molecule has 1 atom stereocenters. The molecule has 0 bridgehead atoms. The third kappa shape index (κ3) is 3.48. The molecule has 0 aliphatic carbocycles. The molecule has 0 spiro atoms. The second-order valence-electron chi connectivity index (χ2n) is 5.34. The highest BCUT2D eigenvalue weighted by Crippen LogP contribution is 2.36. The van der Waals surface area contributed by atoms with E-state index < -0.39 is 21.7 Å². The maximum atomic E-state index is 12.7. The van der Waals surface area contributed by atoms with Gasteiger partial charge in [0, 0.05) is 7.05 Å². The number of ether oxygens (including phenoxy) is 2. The molecule has 0 radical (unpaired) electrons. The van der Waals surface area contributed by atoms with Crippen LogP contribution >= 0.6 is 0 Å². The van der Waals surface area contributed by atoms with Crippen molar-refractivity contribution in [1.29, 1.82) is 0 Å². The van der Waals surface area contributed by atoms with Gasteiger partial charge < -0.3 is 14.6 Å². The smallest absolute Gasteiger partial charge is 0.246 e. The summed E-state index contributed by atoms with van der Waals surface area (Å²) in [6.45, 7) is 4.77. The summed E-state index contributed by atoms with van der Waals surface area (Å²) in [7, 11) is 0.426. The minimum atomic E-state index is -3.83. The highest BCUT2D eigenvalue weighted by Gasteiger charge is 2.35. The van der Waals surface area contributed by atoms with E-state index in [1.165, 1.54) is 27.3 Å². The summed E-state index contributed by atoms with van der Waals surface area (Å²) in [5.74, 6) is 0.484. The van der Waals surface area contributed by atoms with E-state index in [1.54, 1.807) is 32.9 Å². The van der Waals surface area contributed by atoms with Crippen molar-refractivity contribution in [2.75, 3.05) is 21.3 Å². The van der Waals surface area contributed by atoms with Crippen molar-refractivity contribution in [3.05, 3.63) is 18.2 Å². The second kappa shape index (κ2) is 6.21. The highest BCUT2D eigenvalue weighted by atomic mass is 32.2. The van der Waals surface area contributed by atoms with Crippen molar-refractivity contribution in [2.24, 2.45) is 0 Å². The van der Waals surface area contributed by atoms with Gasteiger partial charge in [0.05, 0.1) is 25.9 Å². The van der Waals surface area contributed by atoms with Crippen LogP contribution in [0.25, 0.3) is 0 Å². The van der Waals surface area contributed by atoms with Crippen LogP contribution in [0.2, 0.25) is 0 Å². The Morgan fingerprint density at radius 2 is 1.81 bits per heavy atom. The van der Waals surface area contributed by atoms with Crippen LogP contribution in [0.4, 0.5) is 0 Å². The summed E-state index contributed by atoms with van der Waals surface area (Å²) in [6.07, 6.45) is 0. The maximum Gasteiger partial charge on any atom is 0.246 e. The Labute approximate surface area is 126 Å². The Bertz CT molecular complexity index is 592. The average Bonchev–Trinajstić information content (AvgIpc) is 2.43. The van der Waals surface area contributed by atoms with Crippen molar-refractivity contribution < 1.29 is 23.0 Å². The highest BCUT2D eigenvalue weighted by molar-refractivity contribution is 7.89. The Morgan fingerprint density at radius 1 is 1.24 bits per heavy atom. The molecule has 0 heterocycles. The van der Waals surface area contributed by atoms with Gasteiger partial charge >= 0.3 is 0 Å². The van der Waals surface area contributed by atoms with Gasteiger partial charge in [0.2, 0.25) is 10.0 Å². The molecule has 0 aromatic heterocycles. The maximum absolute atomic E-state index is 12.7. The predicted octanol–water partition coefficient (Wildman–Crippen LogP) is 1.48. The monoisotopic (exact) mass is 317 g/mol. The number of nitrogens with zero attached hydrogens (tertiary/aromatic N) is 1. The number of rotatable bonds is 6. The van der Waals surface area contributed by atoms with Crippen LogP contribution < -0.4 is 9.47 Å². The Kier molecular flexibility index (Phi) is 5.25. The summed E-state index contributed by atoms with van der Waals surface area (Å²) in [6, 6.07) is 4.04. The Morgan fingerprint density at radius 3 is 2.24 bits per heavy atom. The molecule has 0 saturated carbocycles. The van der Waals surface area contributed by atoms with E-state index in [4.69, 9.17) is 9.47 Å². The Balaban J connectivity index is 3.38. The summed E-state index contributed by atoms with van der Waals surface area (Å²) >= 11 is 0. The van der Waals surface area contributed by atoms with E-state index in [-0.39, 0.29) is 10.6 Å². The molecule has 0 fully saturated rings. The molecule has 1 rings (SSSR count). The van der Waals surface area contributed by atoms with Gasteiger partial charge in [0.25, 0.3) is 0 Å². The normalized spacial score (nSPS) is 14.1. The minimum absolute atomic E-state index is 0.00273. The molecule has 1 aromatic carbocycles. The van der Waals surface area contributed by atoms with Gasteiger partial charge in [-0.05, 0) is 32.9 Å². The van der Waals surface area contributed by atoms with E-state index in [2.05, 4.69) is 0 Å². The molecular weight excluding hydrogens is 294 g/mol. The molecule has 0 aliphatic heterocycles. The lowest BCUT2D eigenvalue weighted by Gasteiger charge is -2.33. The number of hydrogen-bond donors (Lipinski definition) is 1. The van der Waals surface area contributed by atoms with E-state index >= 15 is 0 Å². The van der Waals surface area contributed by atoms with Crippen LogP contribution in [-0.2, 0) is 10.0 Å². The first-order valence-corrected chi connectivity index (χ1v) is 7.92. The number of methoxy groups -OCH3 is 2. The molecule has 120 valence electrons. The minimum Gasteiger partial charge on any atom is -0.493 e. The molecule has 1 aromatic rings. The van der Waals surface area contributed by atoms with Crippen LogP contribution in [0, 0.1) is 0 Å². The fourth-order valence-electron chi connectivity index (χ4n) is 1.87. The van der Waals surface area contributed by atoms with Gasteiger partial charge in [-0.15, -0.1) is 0 Å². The van der Waals surface area contributed by atoms with Gasteiger partial charge in [-0.1, -0.05) is 6.07 Å². The number of benzene rings is 1. The van der Waals surface area contributed by atoms with Crippen LogP contribution in [0.1, 0.15) is 20.8 Å². The van der Waals surface area contributed by atoms with Gasteiger partial charge in [0.15, 0.2) is 11.5 Å². The molecule has 0 amide bonds. The van der Waals surface area contributed by atoms with Crippen molar-refractivity contribution in [1.82, 2.24) is 4.31 Å². The van der Waals surface area contributed by atoms with Gasteiger partial charge in [-0.25, -0.2) is 8.42 Å². The molecule has 7 heteroatoms. The number of aliphatic hydroxyl groups is 1. The SMILES string of the molecule is COc1cccc(S(=O)(=O)N(C)C(C)C(C)(C)O)c1OC. The van der Waals surface area contributed by atoms with Crippen LogP contribution in [0.5, 0.6) is 11.5 Å². The van der Waals surface area contributed by atoms with E-state index in [0.29, 0.717) is 5.75 Å². The second-order valence-corrected chi connectivity index (χ2v) is 7.31. The first-order chi connectivity index (χ1) is 9.57. The molecule has 21 heavy (non-hydrogen) atoms. The molecule has 1 N–H and O–H groups in total. The number of para-hydroxylation sites is 1. The quantitative estimate of drug-likeness (QED) is 0.860. The number of likely N-dealkylation sites (N-methyl/N-ethyl adjacent to an activating group) is 1. The van der Waals surface area contributed by atoms with E-state index in [1.807, 2.05) is 0 Å². The number of hydrogen-bond acceptors (Lipinski definition) is 5. The molecule has 0 saturated heterocycles. The zero-order valence-electron chi connectivity index (χ0n) is 13.2. The van der Waals surface area contributed by atoms with Crippen LogP contribution in [0.15, 0.2) is 23.1 Å². The predicted molar refractivity (Wildman–Crippen MR) is 80.3 cm³/mol. The van der Waals surface area contributed by atoms with Crippen molar-refractivity contribution in [3.63, 3.8) is 0 Å². The lowest BCUT2D eigenvalue weighted by molar-refractivity contribution is 0.0224. The van der Waals surface area contributed by atoms with E-state index in [9.17, 15) is 13.5 Å². The molecular formula is C14H23NO5S. The first kappa shape index (κ1) is 17.7. The topological polar surface area (TPSA) is 76.1 Å². The average molecular weight is 317 g/mol. The van der Waals surface area contributed by atoms with Crippen LogP contribution in [0.3, 0.4) is 0 Å². The Hall–Kier alpha value is -1.31. The summed E-state index contributed by atoms with van der Waals surface area (Å²) in [4.78, 5) is 0.00273. The summed E-state index contributed by atoms with van der Waals surface area (Å²) in [5, 5.41) is 10.0. The molecule has 6 nitrogen and oxygen atoms in total. The number of sulfonamides is 1. The zero-order valence-corrected chi connectivity index (χ0v) is 14.1. The fraction of sp³-hybridized carbons (Fsp3) is 0.571. The standard InChI is InChI=1S/C14H23NO5S/c1-10(14(2,3)16)15(4)21(17,18)12-9-7-8-11(19-5)13(12)20-6/h7-10,16H,1-6H3. The van der Waals surface area contributed by atoms with Crippen molar-refractivity contribution >= 4 is 10.0 Å². The largest absolute Gasteiger partial charge is 0.493 e. The van der Waals surface area contributed by atoms with Crippen LogP contribution in [-0.4, -0.2) is 50.7 Å². The van der Waals surface area contributed by atoms with Gasteiger partial charge in [-0.3, -0.25) is 0 Å².